The number of carbonyl (C=O) groups excluding carboxylic acids is 1. The van der Waals surface area contributed by atoms with E-state index in [9.17, 15) is 4.79 Å². The van der Waals surface area contributed by atoms with Gasteiger partial charge < -0.3 is 33.7 Å². The minimum Gasteiger partial charge on any atom is -0.497 e. The lowest BCUT2D eigenvalue weighted by atomic mass is 9.79. The molecule has 5 atom stereocenters. The highest BCUT2D eigenvalue weighted by Gasteiger charge is 2.54. The summed E-state index contributed by atoms with van der Waals surface area (Å²) in [6, 6.07) is 37.4. The van der Waals surface area contributed by atoms with Crippen molar-refractivity contribution in [3.8, 4) is 5.75 Å². The Bertz CT molecular complexity index is 1520. The van der Waals surface area contributed by atoms with Crippen molar-refractivity contribution in [3.05, 3.63) is 138 Å². The predicted octanol–water partition coefficient (Wildman–Crippen LogP) is 6.51. The molecule has 1 N–H and O–H groups in total. The summed E-state index contributed by atoms with van der Waals surface area (Å²) < 4.78 is 37.3. The van der Waals surface area contributed by atoms with Crippen LogP contribution in [-0.2, 0) is 54.8 Å². The molecule has 1 aliphatic rings. The van der Waals surface area contributed by atoms with E-state index >= 15 is 0 Å². The van der Waals surface area contributed by atoms with Crippen molar-refractivity contribution >= 4 is 5.97 Å². The third-order valence-electron chi connectivity index (χ3n) is 8.81. The van der Waals surface area contributed by atoms with E-state index in [0.717, 1.165) is 28.0 Å². The first kappa shape index (κ1) is 35.3. The largest absolute Gasteiger partial charge is 0.497 e. The quantitative estimate of drug-likeness (QED) is 0.129. The zero-order chi connectivity index (χ0) is 33.8. The molecule has 0 aromatic heterocycles. The van der Waals surface area contributed by atoms with Crippen LogP contribution in [0.5, 0.6) is 5.75 Å². The molecule has 48 heavy (non-hydrogen) atoms. The van der Waals surface area contributed by atoms with Gasteiger partial charge in [-0.2, -0.15) is 0 Å². The van der Waals surface area contributed by atoms with E-state index < -0.39 is 35.9 Å². The number of esters is 1. The first-order valence-electron chi connectivity index (χ1n) is 16.4. The van der Waals surface area contributed by atoms with Crippen LogP contribution in [0.1, 0.15) is 36.1 Å². The van der Waals surface area contributed by atoms with Gasteiger partial charge in [-0.1, -0.05) is 103 Å². The van der Waals surface area contributed by atoms with Crippen LogP contribution in [0.2, 0.25) is 0 Å². The van der Waals surface area contributed by atoms with E-state index in [4.69, 9.17) is 28.4 Å². The summed E-state index contributed by atoms with van der Waals surface area (Å²) in [7, 11) is 3.06. The lowest BCUT2D eigenvalue weighted by molar-refractivity contribution is -0.158. The number of rotatable bonds is 17. The number of benzene rings is 4. The third-order valence-corrected chi connectivity index (χ3v) is 8.81. The van der Waals surface area contributed by atoms with E-state index in [1.165, 1.54) is 7.11 Å². The van der Waals surface area contributed by atoms with Gasteiger partial charge in [-0.3, -0.25) is 4.79 Å². The molecule has 0 saturated carbocycles. The molecular weight excluding hydrogens is 606 g/mol. The third kappa shape index (κ3) is 9.30. The number of ether oxygens (including phenoxy) is 6. The molecule has 5 rings (SSSR count). The number of carbonyl (C=O) groups is 1. The monoisotopic (exact) mass is 653 g/mol. The van der Waals surface area contributed by atoms with Crippen LogP contribution in [0, 0.1) is 5.41 Å². The van der Waals surface area contributed by atoms with Crippen molar-refractivity contribution in [2.24, 2.45) is 5.41 Å². The second-order valence-corrected chi connectivity index (χ2v) is 12.6. The van der Waals surface area contributed by atoms with Crippen LogP contribution < -0.4 is 10.1 Å². The Morgan fingerprint density at radius 2 is 1.23 bits per heavy atom. The Hall–Kier alpha value is -4.05. The van der Waals surface area contributed by atoms with E-state index in [1.54, 1.807) is 7.11 Å². The zero-order valence-electron chi connectivity index (χ0n) is 28.2. The van der Waals surface area contributed by atoms with Crippen molar-refractivity contribution in [1.29, 1.82) is 0 Å². The molecule has 0 amide bonds. The molecule has 0 aliphatic carbocycles. The summed E-state index contributed by atoms with van der Waals surface area (Å²) in [5.41, 5.74) is 3.16. The fraction of sp³-hybridized carbons (Fsp3) is 0.375. The normalized spacial score (nSPS) is 19.9. The first-order chi connectivity index (χ1) is 23.4. The van der Waals surface area contributed by atoms with Crippen molar-refractivity contribution in [3.63, 3.8) is 0 Å². The van der Waals surface area contributed by atoms with Gasteiger partial charge in [0.2, 0.25) is 0 Å². The van der Waals surface area contributed by atoms with Gasteiger partial charge in [0.1, 0.15) is 30.2 Å². The van der Waals surface area contributed by atoms with E-state index in [1.807, 2.05) is 129 Å². The summed E-state index contributed by atoms with van der Waals surface area (Å²) >= 11 is 0. The molecule has 4 aromatic rings. The fourth-order valence-electron chi connectivity index (χ4n) is 6.09. The van der Waals surface area contributed by atoms with Gasteiger partial charge in [0.25, 0.3) is 0 Å². The molecule has 0 bridgehead atoms. The lowest BCUT2D eigenvalue weighted by Crippen LogP contribution is -2.57. The van der Waals surface area contributed by atoms with Crippen molar-refractivity contribution in [2.75, 3.05) is 20.8 Å². The number of hydrogen-bond donors (Lipinski definition) is 1. The molecule has 1 unspecified atom stereocenters. The van der Waals surface area contributed by atoms with E-state index in [-0.39, 0.29) is 12.6 Å². The van der Waals surface area contributed by atoms with Crippen LogP contribution in [0.25, 0.3) is 0 Å². The highest BCUT2D eigenvalue weighted by Crippen LogP contribution is 2.37. The Balaban J connectivity index is 1.46. The SMILES string of the molecule is COC(=O)C(C)(C)[C@@H](NCc1ccc(OC)cc1)C1O[C@H](COCc2ccccc2)[C@H](OCc2ccccc2)[C@@H]1OCc1ccccc1. The van der Waals surface area contributed by atoms with Crippen LogP contribution >= 0.6 is 0 Å². The van der Waals surface area contributed by atoms with Gasteiger partial charge >= 0.3 is 5.97 Å². The maximum Gasteiger partial charge on any atom is 0.312 e. The fourth-order valence-corrected chi connectivity index (χ4v) is 6.09. The van der Waals surface area contributed by atoms with Crippen LogP contribution in [0.15, 0.2) is 115 Å². The molecule has 1 aliphatic heterocycles. The van der Waals surface area contributed by atoms with Gasteiger partial charge in [0.15, 0.2) is 0 Å². The standard InChI is InChI=1S/C40H47NO7/c1-40(2,39(42)44-4)38(41-24-29-20-22-33(43-3)23-21-29)37-36(47-27-32-18-12-7-13-19-32)35(46-26-31-16-10-6-11-17-31)34(48-37)28-45-25-30-14-8-5-9-15-30/h5-23,34-38,41H,24-28H2,1-4H3/t34-,35+,36+,37?,38+/m1/s1. The predicted molar refractivity (Wildman–Crippen MR) is 184 cm³/mol. The molecule has 1 saturated heterocycles. The summed E-state index contributed by atoms with van der Waals surface area (Å²) in [5, 5.41) is 3.65. The van der Waals surface area contributed by atoms with Gasteiger partial charge in [-0.25, -0.2) is 0 Å². The summed E-state index contributed by atoms with van der Waals surface area (Å²) in [6.07, 6.45) is -2.10. The summed E-state index contributed by atoms with van der Waals surface area (Å²) in [5.74, 6) is 0.418. The first-order valence-corrected chi connectivity index (χ1v) is 16.4. The van der Waals surface area contributed by atoms with Gasteiger partial charge in [-0.05, 0) is 48.2 Å². The highest BCUT2D eigenvalue weighted by molar-refractivity contribution is 5.77. The number of methoxy groups -OCH3 is 2. The maximum absolute atomic E-state index is 13.4. The summed E-state index contributed by atoms with van der Waals surface area (Å²) in [6.45, 7) is 5.65. The molecule has 254 valence electrons. The average molecular weight is 654 g/mol. The van der Waals surface area contributed by atoms with Gasteiger partial charge in [0, 0.05) is 6.54 Å². The maximum atomic E-state index is 13.4. The van der Waals surface area contributed by atoms with Crippen molar-refractivity contribution in [2.45, 2.75) is 70.7 Å². The smallest absolute Gasteiger partial charge is 0.312 e. The Kier molecular flexibility index (Phi) is 12.8. The molecule has 1 fully saturated rings. The number of hydrogen-bond acceptors (Lipinski definition) is 8. The highest BCUT2D eigenvalue weighted by atomic mass is 16.6. The second kappa shape index (κ2) is 17.4. The van der Waals surface area contributed by atoms with E-state index in [2.05, 4.69) is 5.32 Å². The molecule has 4 aromatic carbocycles. The molecular formula is C40H47NO7. The van der Waals surface area contributed by atoms with Crippen molar-refractivity contribution in [1.82, 2.24) is 5.32 Å². The molecule has 0 spiro atoms. The lowest BCUT2D eigenvalue weighted by Gasteiger charge is -2.38. The Labute approximate surface area is 284 Å². The molecule has 8 heteroatoms. The minimum atomic E-state index is -0.996. The van der Waals surface area contributed by atoms with Crippen molar-refractivity contribution < 1.29 is 33.2 Å². The Morgan fingerprint density at radius 1 is 0.708 bits per heavy atom. The topological polar surface area (TPSA) is 84.5 Å². The average Bonchev–Trinajstić information content (AvgIpc) is 3.47. The van der Waals surface area contributed by atoms with Gasteiger partial charge in [-0.15, -0.1) is 0 Å². The minimum absolute atomic E-state index is 0.278. The van der Waals surface area contributed by atoms with Crippen LogP contribution in [0.3, 0.4) is 0 Å². The van der Waals surface area contributed by atoms with Crippen LogP contribution in [0.4, 0.5) is 0 Å². The molecule has 0 radical (unpaired) electrons. The molecule has 8 nitrogen and oxygen atoms in total. The van der Waals surface area contributed by atoms with Crippen LogP contribution in [-0.4, -0.2) is 57.3 Å². The summed E-state index contributed by atoms with van der Waals surface area (Å²) in [4.78, 5) is 13.4. The zero-order valence-corrected chi connectivity index (χ0v) is 28.2. The van der Waals surface area contributed by atoms with Gasteiger partial charge in [0.05, 0.1) is 52.1 Å². The Morgan fingerprint density at radius 3 is 1.75 bits per heavy atom. The molecule has 1 heterocycles. The number of nitrogens with one attached hydrogen (secondary N) is 1. The second-order valence-electron chi connectivity index (χ2n) is 12.6. The van der Waals surface area contributed by atoms with E-state index in [0.29, 0.717) is 26.4 Å².